The lowest BCUT2D eigenvalue weighted by atomic mass is 10.1. The van der Waals surface area contributed by atoms with Crippen LogP contribution in [0.25, 0.3) is 0 Å². The van der Waals surface area contributed by atoms with Crippen LogP contribution in [0.15, 0.2) is 18.3 Å². The summed E-state index contributed by atoms with van der Waals surface area (Å²) in [6.45, 7) is 2.31. The summed E-state index contributed by atoms with van der Waals surface area (Å²) in [6.07, 6.45) is 3.49. The van der Waals surface area contributed by atoms with Crippen molar-refractivity contribution in [2.24, 2.45) is 0 Å². The van der Waals surface area contributed by atoms with Crippen LogP contribution in [-0.4, -0.2) is 24.2 Å². The van der Waals surface area contributed by atoms with E-state index in [1.165, 1.54) is 12.3 Å². The van der Waals surface area contributed by atoms with Crippen LogP contribution in [-0.2, 0) is 11.3 Å². The van der Waals surface area contributed by atoms with Gasteiger partial charge >= 0.3 is 0 Å². The number of pyridine rings is 1. The van der Waals surface area contributed by atoms with Gasteiger partial charge < -0.3 is 10.1 Å². The second kappa shape index (κ2) is 5.19. The van der Waals surface area contributed by atoms with Crippen molar-refractivity contribution >= 4 is 0 Å². The number of halogens is 1. The molecule has 2 rings (SSSR count). The molecule has 0 bridgehead atoms. The molecule has 4 heteroatoms. The van der Waals surface area contributed by atoms with Crippen LogP contribution in [0.3, 0.4) is 0 Å². The zero-order valence-electron chi connectivity index (χ0n) is 8.58. The fraction of sp³-hybridized carbons (Fsp3) is 0.545. The monoisotopic (exact) mass is 210 g/mol. The lowest BCUT2D eigenvalue weighted by Gasteiger charge is -2.22. The van der Waals surface area contributed by atoms with Gasteiger partial charge in [0.1, 0.15) is 5.82 Å². The highest BCUT2D eigenvalue weighted by atomic mass is 19.1. The van der Waals surface area contributed by atoms with Gasteiger partial charge in [0.25, 0.3) is 0 Å². The zero-order valence-corrected chi connectivity index (χ0v) is 8.58. The Bertz CT molecular complexity index is 296. The van der Waals surface area contributed by atoms with Crippen molar-refractivity contribution in [3.8, 4) is 0 Å². The predicted octanol–water partition coefficient (Wildman–Crippen LogP) is 1.49. The summed E-state index contributed by atoms with van der Waals surface area (Å²) < 4.78 is 17.9. The molecule has 82 valence electrons. The van der Waals surface area contributed by atoms with Crippen LogP contribution in [0, 0.1) is 5.82 Å². The van der Waals surface area contributed by atoms with Crippen molar-refractivity contribution in [1.82, 2.24) is 10.3 Å². The lowest BCUT2D eigenvalue weighted by Crippen LogP contribution is -2.36. The molecule has 0 amide bonds. The molecule has 2 heterocycles. The molecule has 1 aromatic rings. The van der Waals surface area contributed by atoms with Crippen molar-refractivity contribution in [3.63, 3.8) is 0 Å². The van der Waals surface area contributed by atoms with Gasteiger partial charge in [-0.05, 0) is 25.0 Å². The highest BCUT2D eigenvalue weighted by Crippen LogP contribution is 2.06. The van der Waals surface area contributed by atoms with Gasteiger partial charge in [-0.1, -0.05) is 0 Å². The number of aromatic nitrogens is 1. The summed E-state index contributed by atoms with van der Waals surface area (Å²) in [7, 11) is 0. The standard InChI is InChI=1S/C11H15FN2O/c12-9-3-4-10(13-6-9)7-14-11-2-1-5-15-8-11/h3-4,6,11,14H,1-2,5,7-8H2/t11-/m0/s1. The highest BCUT2D eigenvalue weighted by molar-refractivity contribution is 5.05. The Morgan fingerprint density at radius 2 is 2.47 bits per heavy atom. The maximum absolute atomic E-state index is 12.6. The molecule has 1 saturated heterocycles. The molecular weight excluding hydrogens is 195 g/mol. The molecule has 3 nitrogen and oxygen atoms in total. The van der Waals surface area contributed by atoms with Gasteiger partial charge in [0.15, 0.2) is 0 Å². The van der Waals surface area contributed by atoms with E-state index in [0.717, 1.165) is 31.7 Å². The molecule has 1 aromatic heterocycles. The van der Waals surface area contributed by atoms with E-state index in [1.54, 1.807) is 6.07 Å². The Hall–Kier alpha value is -1.00. The summed E-state index contributed by atoms with van der Waals surface area (Å²) in [6, 6.07) is 3.54. The van der Waals surface area contributed by atoms with Crippen LogP contribution >= 0.6 is 0 Å². The van der Waals surface area contributed by atoms with Crippen LogP contribution < -0.4 is 5.32 Å². The molecule has 1 aliphatic heterocycles. The molecule has 0 aromatic carbocycles. The third kappa shape index (κ3) is 3.25. The topological polar surface area (TPSA) is 34.1 Å². The molecule has 15 heavy (non-hydrogen) atoms. The predicted molar refractivity (Wildman–Crippen MR) is 54.9 cm³/mol. The molecule has 0 spiro atoms. The van der Waals surface area contributed by atoms with Crippen molar-refractivity contribution in [2.75, 3.05) is 13.2 Å². The van der Waals surface area contributed by atoms with Gasteiger partial charge in [0.05, 0.1) is 18.5 Å². The van der Waals surface area contributed by atoms with E-state index in [9.17, 15) is 4.39 Å². The molecule has 0 radical (unpaired) electrons. The maximum atomic E-state index is 12.6. The third-order valence-corrected chi connectivity index (χ3v) is 2.52. The Kier molecular flexibility index (Phi) is 3.64. The molecule has 0 unspecified atom stereocenters. The average Bonchev–Trinajstić information content (AvgIpc) is 2.30. The first-order chi connectivity index (χ1) is 7.34. The lowest BCUT2D eigenvalue weighted by molar-refractivity contribution is 0.0698. The number of hydrogen-bond acceptors (Lipinski definition) is 3. The first-order valence-corrected chi connectivity index (χ1v) is 5.26. The zero-order chi connectivity index (χ0) is 10.5. The summed E-state index contributed by atoms with van der Waals surface area (Å²) in [5.74, 6) is -0.292. The Morgan fingerprint density at radius 1 is 1.53 bits per heavy atom. The van der Waals surface area contributed by atoms with Gasteiger partial charge in [-0.2, -0.15) is 0 Å². The number of nitrogens with zero attached hydrogens (tertiary/aromatic N) is 1. The van der Waals surface area contributed by atoms with Gasteiger partial charge in [-0.3, -0.25) is 4.98 Å². The van der Waals surface area contributed by atoms with Gasteiger partial charge in [0.2, 0.25) is 0 Å². The summed E-state index contributed by atoms with van der Waals surface area (Å²) in [5, 5.41) is 3.35. The first kappa shape index (κ1) is 10.5. The minimum absolute atomic E-state index is 0.292. The van der Waals surface area contributed by atoms with Crippen molar-refractivity contribution in [3.05, 3.63) is 29.8 Å². The van der Waals surface area contributed by atoms with E-state index in [4.69, 9.17) is 4.74 Å². The first-order valence-electron chi connectivity index (χ1n) is 5.26. The normalized spacial score (nSPS) is 21.5. The van der Waals surface area contributed by atoms with Crippen LogP contribution in [0.2, 0.25) is 0 Å². The van der Waals surface area contributed by atoms with E-state index in [-0.39, 0.29) is 5.82 Å². The van der Waals surface area contributed by atoms with Crippen LogP contribution in [0.5, 0.6) is 0 Å². The molecule has 0 saturated carbocycles. The fourth-order valence-electron chi connectivity index (χ4n) is 1.66. The van der Waals surface area contributed by atoms with Crippen LogP contribution in [0.1, 0.15) is 18.5 Å². The second-order valence-corrected chi connectivity index (χ2v) is 3.76. The minimum Gasteiger partial charge on any atom is -0.380 e. The Labute approximate surface area is 88.7 Å². The van der Waals surface area contributed by atoms with Crippen molar-refractivity contribution < 1.29 is 9.13 Å². The molecule has 1 atom stereocenters. The minimum atomic E-state index is -0.292. The number of hydrogen-bond donors (Lipinski definition) is 1. The molecule has 1 fully saturated rings. The SMILES string of the molecule is Fc1ccc(CN[C@H]2CCCOC2)nc1. The smallest absolute Gasteiger partial charge is 0.141 e. The maximum Gasteiger partial charge on any atom is 0.141 e. The Balaban J connectivity index is 1.79. The average molecular weight is 210 g/mol. The van der Waals surface area contributed by atoms with E-state index in [2.05, 4.69) is 10.3 Å². The molecule has 1 aliphatic rings. The van der Waals surface area contributed by atoms with E-state index < -0.39 is 0 Å². The van der Waals surface area contributed by atoms with Gasteiger partial charge in [0, 0.05) is 19.2 Å². The summed E-state index contributed by atoms with van der Waals surface area (Å²) in [4.78, 5) is 3.98. The quantitative estimate of drug-likeness (QED) is 0.820. The van der Waals surface area contributed by atoms with Crippen molar-refractivity contribution in [1.29, 1.82) is 0 Å². The largest absolute Gasteiger partial charge is 0.380 e. The second-order valence-electron chi connectivity index (χ2n) is 3.76. The van der Waals surface area contributed by atoms with Crippen molar-refractivity contribution in [2.45, 2.75) is 25.4 Å². The van der Waals surface area contributed by atoms with E-state index in [0.29, 0.717) is 12.6 Å². The van der Waals surface area contributed by atoms with Crippen LogP contribution in [0.4, 0.5) is 4.39 Å². The Morgan fingerprint density at radius 3 is 3.13 bits per heavy atom. The summed E-state index contributed by atoms with van der Waals surface area (Å²) in [5.41, 5.74) is 0.863. The number of ether oxygens (including phenoxy) is 1. The fourth-order valence-corrected chi connectivity index (χ4v) is 1.66. The van der Waals surface area contributed by atoms with E-state index in [1.807, 2.05) is 0 Å². The number of rotatable bonds is 3. The van der Waals surface area contributed by atoms with E-state index >= 15 is 0 Å². The molecular formula is C11H15FN2O. The highest BCUT2D eigenvalue weighted by Gasteiger charge is 2.12. The molecule has 0 aliphatic carbocycles. The third-order valence-electron chi connectivity index (χ3n) is 2.52. The molecule has 1 N–H and O–H groups in total. The summed E-state index contributed by atoms with van der Waals surface area (Å²) >= 11 is 0. The van der Waals surface area contributed by atoms with Gasteiger partial charge in [-0.25, -0.2) is 4.39 Å². The number of nitrogens with one attached hydrogen (secondary N) is 1. The van der Waals surface area contributed by atoms with Gasteiger partial charge in [-0.15, -0.1) is 0 Å².